The monoisotopic (exact) mass is 271 g/mol. The first-order valence-electron chi connectivity index (χ1n) is 4.59. The Morgan fingerprint density at radius 3 is 3.13 bits per heavy atom. The van der Waals surface area contributed by atoms with Gasteiger partial charge < -0.3 is 14.8 Å². The number of esters is 1. The lowest BCUT2D eigenvalue weighted by Crippen LogP contribution is -2.34. The summed E-state index contributed by atoms with van der Waals surface area (Å²) in [7, 11) is 0. The zero-order valence-corrected chi connectivity index (χ0v) is 9.71. The predicted molar refractivity (Wildman–Crippen MR) is 58.6 cm³/mol. The number of ether oxygens (including phenoxy) is 2. The van der Waals surface area contributed by atoms with Gasteiger partial charge in [0.1, 0.15) is 0 Å². The van der Waals surface area contributed by atoms with Gasteiger partial charge in [-0.1, -0.05) is 15.9 Å². The Balaban J connectivity index is 2.28. The molecule has 5 heteroatoms. The maximum atomic E-state index is 11.6. The standard InChI is InChI=1S/C10H10BrNO3/c1-2-14-10-12-8-4-3-6(11)5-7(8)9(13)15-10/h3-5,10,12H,2H2,1H3/t10-/m0/s1. The molecule has 0 fully saturated rings. The van der Waals surface area contributed by atoms with E-state index in [9.17, 15) is 4.79 Å². The third kappa shape index (κ3) is 2.13. The highest BCUT2D eigenvalue weighted by Crippen LogP contribution is 2.26. The van der Waals surface area contributed by atoms with Crippen molar-refractivity contribution in [3.8, 4) is 0 Å². The van der Waals surface area contributed by atoms with Crippen LogP contribution in [0.1, 0.15) is 17.3 Å². The highest BCUT2D eigenvalue weighted by atomic mass is 79.9. The molecule has 0 saturated heterocycles. The highest BCUT2D eigenvalue weighted by Gasteiger charge is 2.25. The van der Waals surface area contributed by atoms with E-state index in [1.54, 1.807) is 6.07 Å². The van der Waals surface area contributed by atoms with E-state index in [1.165, 1.54) is 0 Å². The van der Waals surface area contributed by atoms with Gasteiger partial charge >= 0.3 is 5.97 Å². The summed E-state index contributed by atoms with van der Waals surface area (Å²) in [6.45, 7) is 2.32. The second-order valence-electron chi connectivity index (χ2n) is 3.03. The number of carbonyl (C=O) groups is 1. The van der Waals surface area contributed by atoms with Gasteiger partial charge in [0, 0.05) is 11.1 Å². The number of anilines is 1. The Hall–Kier alpha value is -1.07. The number of rotatable bonds is 2. The Morgan fingerprint density at radius 1 is 1.60 bits per heavy atom. The van der Waals surface area contributed by atoms with E-state index in [4.69, 9.17) is 9.47 Å². The molecule has 1 aliphatic heterocycles. The average Bonchev–Trinajstić information content (AvgIpc) is 2.20. The molecule has 15 heavy (non-hydrogen) atoms. The molecule has 1 aliphatic rings. The van der Waals surface area contributed by atoms with Crippen LogP contribution in [0.4, 0.5) is 5.69 Å². The van der Waals surface area contributed by atoms with Gasteiger partial charge in [0.05, 0.1) is 11.3 Å². The van der Waals surface area contributed by atoms with Crippen molar-refractivity contribution in [3.05, 3.63) is 28.2 Å². The molecule has 2 rings (SSSR count). The fourth-order valence-electron chi connectivity index (χ4n) is 1.36. The van der Waals surface area contributed by atoms with Gasteiger partial charge in [-0.25, -0.2) is 4.79 Å². The lowest BCUT2D eigenvalue weighted by molar-refractivity contribution is -0.0912. The molecule has 0 aromatic heterocycles. The number of halogens is 1. The van der Waals surface area contributed by atoms with Crippen LogP contribution in [-0.4, -0.2) is 19.0 Å². The van der Waals surface area contributed by atoms with Crippen molar-refractivity contribution >= 4 is 27.6 Å². The lowest BCUT2D eigenvalue weighted by Gasteiger charge is -2.25. The van der Waals surface area contributed by atoms with E-state index in [2.05, 4.69) is 21.2 Å². The first kappa shape index (κ1) is 10.4. The van der Waals surface area contributed by atoms with E-state index < -0.39 is 6.41 Å². The van der Waals surface area contributed by atoms with Gasteiger partial charge in [-0.2, -0.15) is 0 Å². The van der Waals surface area contributed by atoms with Crippen LogP contribution in [0.5, 0.6) is 0 Å². The fourth-order valence-corrected chi connectivity index (χ4v) is 1.72. The summed E-state index contributed by atoms with van der Waals surface area (Å²) < 4.78 is 11.0. The average molecular weight is 272 g/mol. The molecule has 4 nitrogen and oxygen atoms in total. The van der Waals surface area contributed by atoms with Crippen LogP contribution in [0.25, 0.3) is 0 Å². The van der Waals surface area contributed by atoms with Crippen molar-refractivity contribution in [1.82, 2.24) is 0 Å². The van der Waals surface area contributed by atoms with Crippen LogP contribution >= 0.6 is 15.9 Å². The summed E-state index contributed by atoms with van der Waals surface area (Å²) in [5.74, 6) is -0.372. The van der Waals surface area contributed by atoms with E-state index in [-0.39, 0.29) is 5.97 Å². The van der Waals surface area contributed by atoms with Crippen LogP contribution in [0.2, 0.25) is 0 Å². The van der Waals surface area contributed by atoms with Crippen molar-refractivity contribution in [2.24, 2.45) is 0 Å². The zero-order valence-electron chi connectivity index (χ0n) is 8.12. The van der Waals surface area contributed by atoms with Crippen molar-refractivity contribution in [1.29, 1.82) is 0 Å². The smallest absolute Gasteiger partial charge is 0.343 e. The maximum absolute atomic E-state index is 11.6. The quantitative estimate of drug-likeness (QED) is 0.839. The highest BCUT2D eigenvalue weighted by molar-refractivity contribution is 9.10. The molecule has 1 N–H and O–H groups in total. The van der Waals surface area contributed by atoms with Gasteiger partial charge in [-0.15, -0.1) is 0 Å². The lowest BCUT2D eigenvalue weighted by atomic mass is 10.1. The number of benzene rings is 1. The number of hydrogen-bond acceptors (Lipinski definition) is 4. The van der Waals surface area contributed by atoms with Crippen molar-refractivity contribution in [2.75, 3.05) is 11.9 Å². The summed E-state index contributed by atoms with van der Waals surface area (Å²) in [6.07, 6.45) is -0.684. The largest absolute Gasteiger partial charge is 0.413 e. The fraction of sp³-hybridized carbons (Fsp3) is 0.300. The topological polar surface area (TPSA) is 47.6 Å². The van der Waals surface area contributed by atoms with Gasteiger partial charge in [0.25, 0.3) is 6.41 Å². The molecule has 0 amide bonds. The second-order valence-corrected chi connectivity index (χ2v) is 3.94. The summed E-state index contributed by atoms with van der Waals surface area (Å²) in [5.41, 5.74) is 1.24. The van der Waals surface area contributed by atoms with E-state index in [0.29, 0.717) is 12.2 Å². The molecule has 80 valence electrons. The molecule has 1 heterocycles. The predicted octanol–water partition coefficient (Wildman–Crippen LogP) is 2.35. The molecule has 0 aliphatic carbocycles. The van der Waals surface area contributed by atoms with Gasteiger partial charge in [-0.05, 0) is 25.1 Å². The third-order valence-corrected chi connectivity index (χ3v) is 2.50. The minimum Gasteiger partial charge on any atom is -0.413 e. The Kier molecular flexibility index (Phi) is 2.93. The number of cyclic esters (lactones) is 1. The molecule has 0 saturated carbocycles. The molecular weight excluding hydrogens is 262 g/mol. The van der Waals surface area contributed by atoms with E-state index >= 15 is 0 Å². The molecule has 1 aromatic carbocycles. The summed E-state index contributed by atoms with van der Waals surface area (Å²) in [6, 6.07) is 5.38. The normalized spacial score (nSPS) is 19.1. The molecule has 0 radical (unpaired) electrons. The van der Waals surface area contributed by atoms with E-state index in [0.717, 1.165) is 10.2 Å². The Labute approximate surface area is 95.7 Å². The van der Waals surface area contributed by atoms with Crippen LogP contribution in [0.15, 0.2) is 22.7 Å². The SMILES string of the molecule is CCO[C@@H]1Nc2ccc(Br)cc2C(=O)O1. The minimum absolute atomic E-state index is 0.372. The molecule has 0 bridgehead atoms. The van der Waals surface area contributed by atoms with Crippen LogP contribution < -0.4 is 5.32 Å². The third-order valence-electron chi connectivity index (χ3n) is 2.01. The minimum atomic E-state index is -0.684. The first-order valence-corrected chi connectivity index (χ1v) is 5.38. The molecular formula is C10H10BrNO3. The maximum Gasteiger partial charge on any atom is 0.343 e. The summed E-state index contributed by atoms with van der Waals surface area (Å²) in [4.78, 5) is 11.6. The molecule has 0 spiro atoms. The van der Waals surface area contributed by atoms with Crippen LogP contribution in [-0.2, 0) is 9.47 Å². The van der Waals surface area contributed by atoms with Crippen molar-refractivity contribution in [2.45, 2.75) is 13.3 Å². The van der Waals surface area contributed by atoms with Gasteiger partial charge in [0.15, 0.2) is 0 Å². The number of fused-ring (bicyclic) bond motifs is 1. The first-order chi connectivity index (χ1) is 7.20. The summed E-state index contributed by atoms with van der Waals surface area (Å²) in [5, 5.41) is 2.97. The Bertz CT molecular complexity index is 394. The van der Waals surface area contributed by atoms with Crippen molar-refractivity contribution < 1.29 is 14.3 Å². The number of hydrogen-bond donors (Lipinski definition) is 1. The number of nitrogens with one attached hydrogen (secondary N) is 1. The second kappa shape index (κ2) is 4.20. The zero-order chi connectivity index (χ0) is 10.8. The summed E-state index contributed by atoms with van der Waals surface area (Å²) >= 11 is 3.30. The number of carbonyl (C=O) groups excluding carboxylic acids is 1. The molecule has 1 aromatic rings. The van der Waals surface area contributed by atoms with Crippen LogP contribution in [0.3, 0.4) is 0 Å². The Morgan fingerprint density at radius 2 is 2.40 bits per heavy atom. The molecule has 0 unspecified atom stereocenters. The molecule has 1 atom stereocenters. The van der Waals surface area contributed by atoms with Gasteiger partial charge in [0.2, 0.25) is 0 Å². The van der Waals surface area contributed by atoms with Gasteiger partial charge in [-0.3, -0.25) is 0 Å². The van der Waals surface area contributed by atoms with E-state index in [1.807, 2.05) is 19.1 Å². The van der Waals surface area contributed by atoms with Crippen LogP contribution in [0, 0.1) is 0 Å². The van der Waals surface area contributed by atoms with Crippen molar-refractivity contribution in [3.63, 3.8) is 0 Å².